The SMILES string of the molecule is O=C(O)c1cccc(CNCC2CCCCN(Cc3ccccc3)C2)c1. The van der Waals surface area contributed by atoms with E-state index in [0.29, 0.717) is 11.5 Å². The number of nitrogens with zero attached hydrogens (tertiary/aromatic N) is 1. The lowest BCUT2D eigenvalue weighted by molar-refractivity contribution is 0.0696. The van der Waals surface area contributed by atoms with Crippen LogP contribution < -0.4 is 5.32 Å². The number of aromatic carboxylic acids is 1. The fourth-order valence-corrected chi connectivity index (χ4v) is 3.70. The number of likely N-dealkylation sites (tertiary alicyclic amines) is 1. The Bertz CT molecular complexity index is 702. The summed E-state index contributed by atoms with van der Waals surface area (Å²) in [6, 6.07) is 17.9. The van der Waals surface area contributed by atoms with Gasteiger partial charge in [-0.2, -0.15) is 0 Å². The maximum atomic E-state index is 11.1. The van der Waals surface area contributed by atoms with Crippen LogP contribution in [0.2, 0.25) is 0 Å². The van der Waals surface area contributed by atoms with Gasteiger partial charge in [0.2, 0.25) is 0 Å². The molecule has 2 aromatic carbocycles. The van der Waals surface area contributed by atoms with Gasteiger partial charge in [-0.3, -0.25) is 4.90 Å². The molecule has 1 heterocycles. The molecule has 0 radical (unpaired) electrons. The fraction of sp³-hybridized carbons (Fsp3) is 0.409. The van der Waals surface area contributed by atoms with Gasteiger partial charge in [-0.15, -0.1) is 0 Å². The van der Waals surface area contributed by atoms with Crippen molar-refractivity contribution in [2.45, 2.75) is 32.4 Å². The molecule has 2 N–H and O–H groups in total. The first kappa shape index (κ1) is 18.6. The van der Waals surface area contributed by atoms with Gasteiger partial charge in [-0.1, -0.05) is 48.9 Å². The monoisotopic (exact) mass is 352 g/mol. The Hall–Kier alpha value is -2.17. The van der Waals surface area contributed by atoms with Crippen LogP contribution in [0.1, 0.15) is 40.7 Å². The third-order valence-electron chi connectivity index (χ3n) is 5.04. The van der Waals surface area contributed by atoms with Gasteiger partial charge in [-0.25, -0.2) is 4.79 Å². The van der Waals surface area contributed by atoms with Crippen LogP contribution in [0.5, 0.6) is 0 Å². The topological polar surface area (TPSA) is 52.6 Å². The smallest absolute Gasteiger partial charge is 0.335 e. The highest BCUT2D eigenvalue weighted by Gasteiger charge is 2.18. The van der Waals surface area contributed by atoms with Crippen LogP contribution in [-0.2, 0) is 13.1 Å². The molecule has 0 bridgehead atoms. The molecular weight excluding hydrogens is 324 g/mol. The first-order valence-electron chi connectivity index (χ1n) is 9.50. The molecule has 0 aromatic heterocycles. The van der Waals surface area contributed by atoms with Crippen LogP contribution in [0.3, 0.4) is 0 Å². The molecule has 0 aliphatic carbocycles. The molecule has 1 aliphatic rings. The van der Waals surface area contributed by atoms with Crippen LogP contribution in [0.25, 0.3) is 0 Å². The van der Waals surface area contributed by atoms with E-state index in [0.717, 1.165) is 31.7 Å². The van der Waals surface area contributed by atoms with E-state index >= 15 is 0 Å². The van der Waals surface area contributed by atoms with Gasteiger partial charge in [0.15, 0.2) is 0 Å². The summed E-state index contributed by atoms with van der Waals surface area (Å²) in [6.07, 6.45) is 3.81. The first-order chi connectivity index (χ1) is 12.7. The Morgan fingerprint density at radius 2 is 1.88 bits per heavy atom. The number of benzene rings is 2. The van der Waals surface area contributed by atoms with E-state index in [4.69, 9.17) is 5.11 Å². The second-order valence-electron chi connectivity index (χ2n) is 7.22. The molecule has 1 atom stereocenters. The van der Waals surface area contributed by atoms with E-state index in [1.54, 1.807) is 12.1 Å². The highest BCUT2D eigenvalue weighted by Crippen LogP contribution is 2.18. The Morgan fingerprint density at radius 1 is 1.08 bits per heavy atom. The van der Waals surface area contributed by atoms with Gasteiger partial charge in [0.05, 0.1) is 5.56 Å². The van der Waals surface area contributed by atoms with Crippen LogP contribution in [0.15, 0.2) is 54.6 Å². The van der Waals surface area contributed by atoms with Crippen LogP contribution in [0, 0.1) is 5.92 Å². The number of carbonyl (C=O) groups is 1. The van der Waals surface area contributed by atoms with Gasteiger partial charge in [0.25, 0.3) is 0 Å². The zero-order valence-electron chi connectivity index (χ0n) is 15.2. The molecule has 4 heteroatoms. The Labute approximate surface area is 155 Å². The molecule has 0 amide bonds. The first-order valence-corrected chi connectivity index (χ1v) is 9.50. The summed E-state index contributed by atoms with van der Waals surface area (Å²) in [4.78, 5) is 13.6. The van der Waals surface area contributed by atoms with E-state index < -0.39 is 5.97 Å². The summed E-state index contributed by atoms with van der Waals surface area (Å²) in [5.41, 5.74) is 2.76. The highest BCUT2D eigenvalue weighted by atomic mass is 16.4. The number of hydrogen-bond acceptors (Lipinski definition) is 3. The van der Waals surface area contributed by atoms with Crippen molar-refractivity contribution in [3.63, 3.8) is 0 Å². The molecule has 0 spiro atoms. The predicted molar refractivity (Wildman–Crippen MR) is 104 cm³/mol. The van der Waals surface area contributed by atoms with Gasteiger partial charge in [0.1, 0.15) is 0 Å². The van der Waals surface area contributed by atoms with Crippen LogP contribution in [0.4, 0.5) is 0 Å². The number of carboxylic acid groups (broad SMARTS) is 1. The molecule has 3 rings (SSSR count). The lowest BCUT2D eigenvalue weighted by Crippen LogP contribution is -2.33. The maximum Gasteiger partial charge on any atom is 0.335 e. The minimum Gasteiger partial charge on any atom is -0.478 e. The summed E-state index contributed by atoms with van der Waals surface area (Å²) in [6.45, 7) is 5.01. The lowest BCUT2D eigenvalue weighted by Gasteiger charge is -2.24. The van der Waals surface area contributed by atoms with Crippen LogP contribution in [-0.4, -0.2) is 35.6 Å². The molecule has 1 saturated heterocycles. The van der Waals surface area contributed by atoms with Crippen molar-refractivity contribution in [1.82, 2.24) is 10.2 Å². The zero-order chi connectivity index (χ0) is 18.2. The second-order valence-corrected chi connectivity index (χ2v) is 7.22. The molecule has 1 fully saturated rings. The van der Waals surface area contributed by atoms with Gasteiger partial charge >= 0.3 is 5.97 Å². The molecule has 138 valence electrons. The molecular formula is C22H28N2O2. The minimum atomic E-state index is -0.868. The van der Waals surface area contributed by atoms with Crippen molar-refractivity contribution in [3.8, 4) is 0 Å². The average Bonchev–Trinajstić information content (AvgIpc) is 2.88. The Morgan fingerprint density at radius 3 is 2.69 bits per heavy atom. The summed E-state index contributed by atoms with van der Waals surface area (Å²) >= 11 is 0. The van der Waals surface area contributed by atoms with Crippen molar-refractivity contribution in [2.24, 2.45) is 5.92 Å². The minimum absolute atomic E-state index is 0.354. The summed E-state index contributed by atoms with van der Waals surface area (Å²) in [5.74, 6) is -0.226. The summed E-state index contributed by atoms with van der Waals surface area (Å²) < 4.78 is 0. The summed E-state index contributed by atoms with van der Waals surface area (Å²) in [5, 5.41) is 12.6. The maximum absolute atomic E-state index is 11.1. The lowest BCUT2D eigenvalue weighted by atomic mass is 10.0. The number of carboxylic acids is 1. The molecule has 26 heavy (non-hydrogen) atoms. The normalized spacial score (nSPS) is 18.4. The quantitative estimate of drug-likeness (QED) is 0.796. The second kappa shape index (κ2) is 9.51. The number of hydrogen-bond donors (Lipinski definition) is 2. The average molecular weight is 352 g/mol. The standard InChI is InChI=1S/C22H28N2O2/c25-22(26)21-11-6-10-19(13-21)14-23-15-20-9-4-5-12-24(17-20)16-18-7-2-1-3-8-18/h1-3,6-8,10-11,13,20,23H,4-5,9,12,14-17H2,(H,25,26). The molecule has 4 nitrogen and oxygen atoms in total. The van der Waals surface area contributed by atoms with E-state index in [1.165, 1.54) is 31.4 Å². The predicted octanol–water partition coefficient (Wildman–Crippen LogP) is 3.78. The van der Waals surface area contributed by atoms with Gasteiger partial charge in [-0.05, 0) is 55.1 Å². The number of rotatable bonds is 7. The van der Waals surface area contributed by atoms with Crippen LogP contribution >= 0.6 is 0 Å². The van der Waals surface area contributed by atoms with E-state index in [2.05, 4.69) is 40.5 Å². The van der Waals surface area contributed by atoms with Crippen molar-refractivity contribution in [2.75, 3.05) is 19.6 Å². The largest absolute Gasteiger partial charge is 0.478 e. The van der Waals surface area contributed by atoms with Gasteiger partial charge in [0, 0.05) is 19.6 Å². The van der Waals surface area contributed by atoms with Crippen molar-refractivity contribution >= 4 is 5.97 Å². The Balaban J connectivity index is 1.49. The van der Waals surface area contributed by atoms with E-state index in [9.17, 15) is 4.79 Å². The molecule has 0 saturated carbocycles. The molecule has 1 unspecified atom stereocenters. The highest BCUT2D eigenvalue weighted by molar-refractivity contribution is 5.87. The fourth-order valence-electron chi connectivity index (χ4n) is 3.70. The van der Waals surface area contributed by atoms with E-state index in [1.807, 2.05) is 12.1 Å². The third-order valence-corrected chi connectivity index (χ3v) is 5.04. The molecule has 1 aliphatic heterocycles. The zero-order valence-corrected chi connectivity index (χ0v) is 15.2. The summed E-state index contributed by atoms with van der Waals surface area (Å²) in [7, 11) is 0. The van der Waals surface area contributed by atoms with Crippen molar-refractivity contribution in [1.29, 1.82) is 0 Å². The number of nitrogens with one attached hydrogen (secondary N) is 1. The molecule has 2 aromatic rings. The van der Waals surface area contributed by atoms with Crippen molar-refractivity contribution < 1.29 is 9.90 Å². The Kier molecular flexibility index (Phi) is 6.81. The van der Waals surface area contributed by atoms with Crippen molar-refractivity contribution in [3.05, 3.63) is 71.3 Å². The van der Waals surface area contributed by atoms with Gasteiger partial charge < -0.3 is 10.4 Å². The van der Waals surface area contributed by atoms with E-state index in [-0.39, 0.29) is 0 Å². The third kappa shape index (κ3) is 5.68.